The summed E-state index contributed by atoms with van der Waals surface area (Å²) in [5, 5.41) is 1.43. The molecule has 1 heterocycles. The van der Waals surface area contributed by atoms with Crippen LogP contribution in [-0.4, -0.2) is 16.0 Å². The van der Waals surface area contributed by atoms with Gasteiger partial charge in [0.25, 0.3) is 5.91 Å². The third-order valence-corrected chi connectivity index (χ3v) is 7.74. The number of amidine groups is 1. The minimum atomic E-state index is -0.109. The lowest BCUT2D eigenvalue weighted by Crippen LogP contribution is -2.28. The summed E-state index contributed by atoms with van der Waals surface area (Å²) in [6.45, 7) is 3.31. The molecule has 1 fully saturated rings. The lowest BCUT2D eigenvalue weighted by Gasteiger charge is -2.15. The van der Waals surface area contributed by atoms with Crippen LogP contribution in [0.4, 0.5) is 0 Å². The molecule has 7 heteroatoms. The smallest absolute Gasteiger partial charge is 0.267 e. The second-order valence-electron chi connectivity index (χ2n) is 9.16. The molecule has 1 saturated heterocycles. The van der Waals surface area contributed by atoms with Gasteiger partial charge in [-0.25, -0.2) is 0 Å². The number of carbonyl (C=O) groups excluding carboxylic acids is 1. The van der Waals surface area contributed by atoms with Crippen molar-refractivity contribution >= 4 is 52.1 Å². The Labute approximate surface area is 242 Å². The summed E-state index contributed by atoms with van der Waals surface area (Å²) in [4.78, 5) is 20.6. The van der Waals surface area contributed by atoms with E-state index >= 15 is 0 Å². The third kappa shape index (κ3) is 6.93. The molecule has 0 unspecified atom stereocenters. The second kappa shape index (κ2) is 12.6. The Morgan fingerprint density at radius 3 is 2.10 bits per heavy atom. The van der Waals surface area contributed by atoms with Crippen LogP contribution in [0.3, 0.4) is 0 Å². The first-order valence-electron chi connectivity index (χ1n) is 12.5. The number of halogens is 2. The van der Waals surface area contributed by atoms with Gasteiger partial charge in [-0.05, 0) is 59.1 Å². The molecule has 5 rings (SSSR count). The van der Waals surface area contributed by atoms with Crippen LogP contribution in [0.2, 0.25) is 10.0 Å². The van der Waals surface area contributed by atoms with E-state index in [2.05, 4.69) is 0 Å². The van der Waals surface area contributed by atoms with E-state index in [4.69, 9.17) is 32.9 Å². The van der Waals surface area contributed by atoms with Crippen molar-refractivity contribution in [3.05, 3.63) is 140 Å². The minimum absolute atomic E-state index is 0.109. The van der Waals surface area contributed by atoms with Gasteiger partial charge < -0.3 is 4.74 Å². The molecule has 0 bridgehead atoms. The van der Waals surface area contributed by atoms with E-state index in [0.29, 0.717) is 51.1 Å². The van der Waals surface area contributed by atoms with Gasteiger partial charge in [0, 0.05) is 0 Å². The number of thioether (sulfide) groups is 1. The van der Waals surface area contributed by atoms with Crippen LogP contribution in [0.1, 0.15) is 27.8 Å². The highest BCUT2D eigenvalue weighted by Gasteiger charge is 2.33. The Balaban J connectivity index is 1.38. The van der Waals surface area contributed by atoms with Gasteiger partial charge in [0.05, 0.1) is 28.0 Å². The van der Waals surface area contributed by atoms with E-state index in [9.17, 15) is 4.79 Å². The van der Waals surface area contributed by atoms with Gasteiger partial charge in [0.2, 0.25) is 0 Å². The van der Waals surface area contributed by atoms with E-state index in [1.54, 1.807) is 23.1 Å². The zero-order valence-electron chi connectivity index (χ0n) is 21.3. The van der Waals surface area contributed by atoms with Crippen molar-refractivity contribution in [3.8, 4) is 5.75 Å². The molecular formula is C32H26Cl2N2O2S. The van der Waals surface area contributed by atoms with Crippen molar-refractivity contribution in [2.24, 2.45) is 4.99 Å². The van der Waals surface area contributed by atoms with Gasteiger partial charge in [0.1, 0.15) is 6.61 Å². The number of rotatable bonds is 8. The van der Waals surface area contributed by atoms with E-state index < -0.39 is 0 Å². The van der Waals surface area contributed by atoms with Crippen LogP contribution >= 0.6 is 35.0 Å². The summed E-state index contributed by atoms with van der Waals surface area (Å²) in [7, 11) is 0. The highest BCUT2D eigenvalue weighted by Crippen LogP contribution is 2.38. The molecule has 4 aromatic rings. The fourth-order valence-corrected chi connectivity index (χ4v) is 5.65. The first-order chi connectivity index (χ1) is 19.0. The van der Waals surface area contributed by atoms with E-state index in [0.717, 1.165) is 16.7 Å². The minimum Gasteiger partial charge on any atom is -0.486 e. The van der Waals surface area contributed by atoms with Crippen LogP contribution in [0.5, 0.6) is 5.75 Å². The number of carbonyl (C=O) groups is 1. The molecule has 0 saturated carbocycles. The topological polar surface area (TPSA) is 41.9 Å². The van der Waals surface area contributed by atoms with Crippen LogP contribution in [-0.2, 0) is 24.5 Å². The number of ether oxygens (including phenoxy) is 1. The summed E-state index contributed by atoms with van der Waals surface area (Å²) in [5.41, 5.74) is 5.03. The molecule has 1 amide bonds. The Morgan fingerprint density at radius 1 is 0.846 bits per heavy atom. The maximum atomic E-state index is 13.5. The van der Waals surface area contributed by atoms with Crippen LogP contribution < -0.4 is 4.74 Å². The van der Waals surface area contributed by atoms with Crippen molar-refractivity contribution in [2.45, 2.75) is 26.6 Å². The van der Waals surface area contributed by atoms with Crippen LogP contribution in [0.15, 0.2) is 107 Å². The number of amides is 1. The zero-order chi connectivity index (χ0) is 27.2. The van der Waals surface area contributed by atoms with Crippen molar-refractivity contribution in [1.29, 1.82) is 0 Å². The number of hydrogen-bond acceptors (Lipinski definition) is 4. The molecule has 0 aromatic heterocycles. The predicted octanol–water partition coefficient (Wildman–Crippen LogP) is 8.55. The number of aryl methyl sites for hydroxylation is 1. The quantitative estimate of drug-likeness (QED) is 0.198. The molecule has 4 nitrogen and oxygen atoms in total. The molecule has 0 spiro atoms. The standard InChI is InChI=1S/C32H26Cl2N2O2S/c1-22-12-14-25(15-13-22)21-38-30-27(33)16-26(17-28(30)34)18-29-31(37)36(20-24-10-6-3-7-11-24)32(39-29)35-19-23-8-4-2-5-9-23/h2-18H,19-21H2,1H3/b29-18+,35-32?. The molecule has 0 N–H and O–H groups in total. The lowest BCUT2D eigenvalue weighted by molar-refractivity contribution is -0.122. The summed E-state index contributed by atoms with van der Waals surface area (Å²) in [5.74, 6) is 0.310. The average Bonchev–Trinajstić information content (AvgIpc) is 3.22. The van der Waals surface area contributed by atoms with Gasteiger partial charge in [0.15, 0.2) is 10.9 Å². The second-order valence-corrected chi connectivity index (χ2v) is 11.0. The van der Waals surface area contributed by atoms with Gasteiger partial charge in [-0.1, -0.05) is 114 Å². The van der Waals surface area contributed by atoms with E-state index in [-0.39, 0.29) is 5.91 Å². The largest absolute Gasteiger partial charge is 0.486 e. The number of aliphatic imine (C=N–C) groups is 1. The Kier molecular flexibility index (Phi) is 8.72. The summed E-state index contributed by atoms with van der Waals surface area (Å²) in [6.07, 6.45) is 1.80. The molecule has 0 atom stereocenters. The monoisotopic (exact) mass is 572 g/mol. The van der Waals surface area contributed by atoms with Gasteiger partial charge in [-0.3, -0.25) is 14.7 Å². The molecule has 39 heavy (non-hydrogen) atoms. The van der Waals surface area contributed by atoms with Gasteiger partial charge >= 0.3 is 0 Å². The van der Waals surface area contributed by atoms with Crippen molar-refractivity contribution in [3.63, 3.8) is 0 Å². The fraction of sp³-hybridized carbons (Fsp3) is 0.125. The Bertz CT molecular complexity index is 1500. The molecule has 1 aliphatic heterocycles. The third-order valence-electron chi connectivity index (χ3n) is 6.13. The Morgan fingerprint density at radius 2 is 1.46 bits per heavy atom. The molecule has 196 valence electrons. The first-order valence-corrected chi connectivity index (χ1v) is 14.0. The molecule has 4 aromatic carbocycles. The first kappa shape index (κ1) is 27.1. The zero-order valence-corrected chi connectivity index (χ0v) is 23.6. The Hall–Kier alpha value is -3.51. The maximum Gasteiger partial charge on any atom is 0.267 e. The summed E-state index contributed by atoms with van der Waals surface area (Å²) in [6, 6.07) is 31.5. The normalized spacial score (nSPS) is 15.4. The SMILES string of the molecule is Cc1ccc(COc2c(Cl)cc(/C=C3/SC(=NCc4ccccc4)N(Cc4ccccc4)C3=O)cc2Cl)cc1. The van der Waals surface area contributed by atoms with Gasteiger partial charge in [-0.15, -0.1) is 0 Å². The highest BCUT2D eigenvalue weighted by atomic mass is 35.5. The number of hydrogen-bond donors (Lipinski definition) is 0. The molecular weight excluding hydrogens is 547 g/mol. The lowest BCUT2D eigenvalue weighted by atomic mass is 10.1. The highest BCUT2D eigenvalue weighted by molar-refractivity contribution is 8.18. The van der Waals surface area contributed by atoms with Crippen molar-refractivity contribution in [2.75, 3.05) is 0 Å². The number of benzene rings is 4. The predicted molar refractivity (Wildman–Crippen MR) is 162 cm³/mol. The number of nitrogens with zero attached hydrogens (tertiary/aromatic N) is 2. The van der Waals surface area contributed by atoms with Crippen LogP contribution in [0.25, 0.3) is 6.08 Å². The fourth-order valence-electron chi connectivity index (χ4n) is 4.07. The summed E-state index contributed by atoms with van der Waals surface area (Å²) >= 11 is 14.5. The molecule has 0 aliphatic carbocycles. The van der Waals surface area contributed by atoms with Crippen molar-refractivity contribution in [1.82, 2.24) is 4.90 Å². The van der Waals surface area contributed by atoms with Crippen molar-refractivity contribution < 1.29 is 9.53 Å². The van der Waals surface area contributed by atoms with E-state index in [1.807, 2.05) is 91.9 Å². The van der Waals surface area contributed by atoms with E-state index in [1.165, 1.54) is 17.3 Å². The molecule has 1 aliphatic rings. The molecule has 0 radical (unpaired) electrons. The summed E-state index contributed by atoms with van der Waals surface area (Å²) < 4.78 is 5.93. The van der Waals surface area contributed by atoms with Crippen LogP contribution in [0, 0.1) is 6.92 Å². The maximum absolute atomic E-state index is 13.5. The average molecular weight is 574 g/mol. The van der Waals surface area contributed by atoms with Gasteiger partial charge in [-0.2, -0.15) is 0 Å².